The first-order valence-electron chi connectivity index (χ1n) is 12.1. The minimum atomic E-state index is 0.522. The Labute approximate surface area is 220 Å². The van der Waals surface area contributed by atoms with Crippen molar-refractivity contribution in [3.8, 4) is 56.6 Å². The first kappa shape index (κ1) is 23.1. The van der Waals surface area contributed by atoms with E-state index >= 15 is 0 Å². The van der Waals surface area contributed by atoms with E-state index in [9.17, 15) is 0 Å². The average Bonchev–Trinajstić information content (AvgIpc) is 2.99. The lowest BCUT2D eigenvalue weighted by atomic mass is 10.1. The standard InChI is InChI=1S/C32H22N4O2/c1-3-25(19-29(5-1)37-31-21-27(11-17-35-31)23-7-13-33-14-8-23)26-4-2-6-30(20-26)38-32-22-28(12-18-36-32)24-9-15-34-16-10-24/h1-22H. The van der Waals surface area contributed by atoms with E-state index in [2.05, 4.69) is 19.9 Å². The van der Waals surface area contributed by atoms with Gasteiger partial charge in [0.25, 0.3) is 0 Å². The zero-order valence-corrected chi connectivity index (χ0v) is 20.3. The highest BCUT2D eigenvalue weighted by atomic mass is 16.5. The smallest absolute Gasteiger partial charge is 0.219 e. The predicted molar refractivity (Wildman–Crippen MR) is 147 cm³/mol. The van der Waals surface area contributed by atoms with Gasteiger partial charge in [-0.05, 0) is 94.0 Å². The zero-order valence-electron chi connectivity index (χ0n) is 20.3. The van der Waals surface area contributed by atoms with Crippen LogP contribution in [-0.2, 0) is 0 Å². The first-order valence-corrected chi connectivity index (χ1v) is 12.1. The fourth-order valence-electron chi connectivity index (χ4n) is 4.10. The van der Waals surface area contributed by atoms with Crippen LogP contribution in [0.2, 0.25) is 0 Å². The average molecular weight is 495 g/mol. The maximum atomic E-state index is 6.11. The summed E-state index contributed by atoms with van der Waals surface area (Å²) in [5.41, 5.74) is 6.13. The molecule has 38 heavy (non-hydrogen) atoms. The fourth-order valence-corrected chi connectivity index (χ4v) is 4.10. The summed E-state index contributed by atoms with van der Waals surface area (Å²) < 4.78 is 12.2. The van der Waals surface area contributed by atoms with Gasteiger partial charge in [0.05, 0.1) is 0 Å². The van der Waals surface area contributed by atoms with Gasteiger partial charge in [-0.15, -0.1) is 0 Å². The van der Waals surface area contributed by atoms with Gasteiger partial charge in [0, 0.05) is 49.3 Å². The van der Waals surface area contributed by atoms with E-state index in [-0.39, 0.29) is 0 Å². The van der Waals surface area contributed by atoms with Crippen molar-refractivity contribution in [2.45, 2.75) is 0 Å². The van der Waals surface area contributed by atoms with Crippen LogP contribution in [-0.4, -0.2) is 19.9 Å². The molecule has 6 rings (SSSR count). The summed E-state index contributed by atoms with van der Waals surface area (Å²) in [7, 11) is 0. The quantitative estimate of drug-likeness (QED) is 0.225. The second kappa shape index (κ2) is 10.7. The van der Waals surface area contributed by atoms with Gasteiger partial charge < -0.3 is 9.47 Å². The number of nitrogens with zero attached hydrogens (tertiary/aromatic N) is 4. The molecule has 0 amide bonds. The van der Waals surface area contributed by atoms with Gasteiger partial charge in [0.2, 0.25) is 11.8 Å². The van der Waals surface area contributed by atoms with Gasteiger partial charge >= 0.3 is 0 Å². The molecule has 0 saturated carbocycles. The van der Waals surface area contributed by atoms with E-state index in [0.29, 0.717) is 23.3 Å². The molecule has 4 aromatic heterocycles. The summed E-state index contributed by atoms with van der Waals surface area (Å²) in [6.07, 6.45) is 10.6. The van der Waals surface area contributed by atoms with Crippen molar-refractivity contribution in [2.75, 3.05) is 0 Å². The molecule has 0 atom stereocenters. The third-order valence-electron chi connectivity index (χ3n) is 5.94. The second-order valence-electron chi connectivity index (χ2n) is 8.50. The summed E-state index contributed by atoms with van der Waals surface area (Å²) in [5.74, 6) is 2.43. The van der Waals surface area contributed by atoms with Gasteiger partial charge in [-0.2, -0.15) is 0 Å². The minimum absolute atomic E-state index is 0.522. The van der Waals surface area contributed by atoms with E-state index < -0.39 is 0 Å². The Morgan fingerprint density at radius 2 is 0.763 bits per heavy atom. The summed E-state index contributed by atoms with van der Waals surface area (Å²) in [4.78, 5) is 16.9. The van der Waals surface area contributed by atoms with Crippen LogP contribution in [0.15, 0.2) is 134 Å². The Morgan fingerprint density at radius 1 is 0.368 bits per heavy atom. The Morgan fingerprint density at radius 3 is 1.21 bits per heavy atom. The van der Waals surface area contributed by atoms with E-state index in [1.54, 1.807) is 37.2 Å². The lowest BCUT2D eigenvalue weighted by Crippen LogP contribution is -1.90. The van der Waals surface area contributed by atoms with Crippen molar-refractivity contribution >= 4 is 0 Å². The molecule has 0 saturated heterocycles. The first-order chi connectivity index (χ1) is 18.8. The topological polar surface area (TPSA) is 70.0 Å². The number of ether oxygens (including phenoxy) is 2. The molecule has 0 aliphatic heterocycles. The molecule has 4 heterocycles. The molecule has 6 nitrogen and oxygen atoms in total. The zero-order chi connectivity index (χ0) is 25.6. The maximum absolute atomic E-state index is 6.11. The number of aromatic nitrogens is 4. The lowest BCUT2D eigenvalue weighted by Gasteiger charge is -2.10. The fraction of sp³-hybridized carbons (Fsp3) is 0. The molecule has 6 heteroatoms. The highest BCUT2D eigenvalue weighted by Gasteiger charge is 2.07. The van der Waals surface area contributed by atoms with E-state index in [1.807, 2.05) is 97.1 Å². The van der Waals surface area contributed by atoms with Gasteiger partial charge in [-0.3, -0.25) is 9.97 Å². The summed E-state index contributed by atoms with van der Waals surface area (Å²) >= 11 is 0. The Bertz CT molecular complexity index is 1550. The minimum Gasteiger partial charge on any atom is -0.439 e. The van der Waals surface area contributed by atoms with Crippen molar-refractivity contribution in [1.82, 2.24) is 19.9 Å². The third kappa shape index (κ3) is 5.39. The maximum Gasteiger partial charge on any atom is 0.219 e. The summed E-state index contributed by atoms with van der Waals surface area (Å²) in [6.45, 7) is 0. The number of rotatable bonds is 7. The van der Waals surface area contributed by atoms with Gasteiger partial charge in [-0.1, -0.05) is 24.3 Å². The van der Waals surface area contributed by atoms with Crippen LogP contribution < -0.4 is 9.47 Å². The van der Waals surface area contributed by atoms with E-state index in [4.69, 9.17) is 9.47 Å². The van der Waals surface area contributed by atoms with Crippen LogP contribution in [0, 0.1) is 0 Å². The molecule has 0 fully saturated rings. The molecule has 0 radical (unpaired) electrons. The van der Waals surface area contributed by atoms with E-state index in [1.165, 1.54) is 0 Å². The Balaban J connectivity index is 1.21. The van der Waals surface area contributed by atoms with Gasteiger partial charge in [-0.25, -0.2) is 9.97 Å². The van der Waals surface area contributed by atoms with Gasteiger partial charge in [0.15, 0.2) is 0 Å². The largest absolute Gasteiger partial charge is 0.439 e. The highest BCUT2D eigenvalue weighted by Crippen LogP contribution is 2.32. The molecule has 182 valence electrons. The lowest BCUT2D eigenvalue weighted by molar-refractivity contribution is 0.462. The molecule has 2 aromatic carbocycles. The molecule has 0 unspecified atom stereocenters. The predicted octanol–water partition coefficient (Wildman–Crippen LogP) is 7.85. The third-order valence-corrected chi connectivity index (χ3v) is 5.94. The van der Waals surface area contributed by atoms with Crippen LogP contribution in [0.5, 0.6) is 23.3 Å². The van der Waals surface area contributed by atoms with Crippen LogP contribution >= 0.6 is 0 Å². The van der Waals surface area contributed by atoms with Crippen LogP contribution in [0.25, 0.3) is 33.4 Å². The summed E-state index contributed by atoms with van der Waals surface area (Å²) in [6, 6.07) is 31.4. The Kier molecular flexibility index (Phi) is 6.51. The van der Waals surface area contributed by atoms with Crippen LogP contribution in [0.3, 0.4) is 0 Å². The number of pyridine rings is 4. The number of hydrogen-bond acceptors (Lipinski definition) is 6. The van der Waals surface area contributed by atoms with Crippen LogP contribution in [0.1, 0.15) is 0 Å². The molecule has 6 aromatic rings. The normalized spacial score (nSPS) is 10.6. The van der Waals surface area contributed by atoms with Crippen LogP contribution in [0.4, 0.5) is 0 Å². The number of benzene rings is 2. The van der Waals surface area contributed by atoms with Crippen molar-refractivity contribution in [2.24, 2.45) is 0 Å². The molecule has 0 bridgehead atoms. The Hall–Kier alpha value is -5.36. The van der Waals surface area contributed by atoms with Crippen molar-refractivity contribution in [1.29, 1.82) is 0 Å². The van der Waals surface area contributed by atoms with Crippen molar-refractivity contribution in [3.63, 3.8) is 0 Å². The van der Waals surface area contributed by atoms with Gasteiger partial charge in [0.1, 0.15) is 11.5 Å². The number of hydrogen-bond donors (Lipinski definition) is 0. The SMILES string of the molecule is c1cc(Oc2cc(-c3ccncc3)ccn2)cc(-c2cccc(Oc3cc(-c4ccncc4)ccn3)c2)c1. The molecule has 0 aliphatic carbocycles. The molecule has 0 N–H and O–H groups in total. The summed E-state index contributed by atoms with van der Waals surface area (Å²) in [5, 5.41) is 0. The second-order valence-corrected chi connectivity index (χ2v) is 8.50. The van der Waals surface area contributed by atoms with E-state index in [0.717, 1.165) is 33.4 Å². The molecule has 0 spiro atoms. The van der Waals surface area contributed by atoms with Crippen molar-refractivity contribution in [3.05, 3.63) is 134 Å². The van der Waals surface area contributed by atoms with Crippen molar-refractivity contribution < 1.29 is 9.47 Å². The highest BCUT2D eigenvalue weighted by molar-refractivity contribution is 5.68. The monoisotopic (exact) mass is 494 g/mol. The molecular weight excluding hydrogens is 472 g/mol. The molecule has 0 aliphatic rings. The molecular formula is C32H22N4O2.